The first-order valence-electron chi connectivity index (χ1n) is 7.42. The molecule has 132 valence electrons. The second kappa shape index (κ2) is 9.76. The number of methoxy groups -OCH3 is 1. The van der Waals surface area contributed by atoms with Gasteiger partial charge in [0, 0.05) is 12.3 Å². The molecule has 2 rings (SSSR count). The van der Waals surface area contributed by atoms with Gasteiger partial charge in [-0.2, -0.15) is 0 Å². The lowest BCUT2D eigenvalue weighted by atomic mass is 10.2. The number of carbonyl (C=O) groups is 1. The fourth-order valence-corrected chi connectivity index (χ4v) is 1.72. The van der Waals surface area contributed by atoms with Gasteiger partial charge in [-0.25, -0.2) is 9.18 Å². The van der Waals surface area contributed by atoms with E-state index >= 15 is 0 Å². The summed E-state index contributed by atoms with van der Waals surface area (Å²) in [5.41, 5.74) is 0.647. The number of anilines is 1. The zero-order chi connectivity index (χ0) is 18.8. The molecule has 7 nitrogen and oxygen atoms in total. The van der Waals surface area contributed by atoms with Gasteiger partial charge in [-0.1, -0.05) is 26.0 Å². The third kappa shape index (κ3) is 6.02. The molecule has 1 N–H and O–H groups in total. The van der Waals surface area contributed by atoms with Crippen LogP contribution in [0.4, 0.5) is 26.2 Å². The largest absolute Gasteiger partial charge is 0.453 e. The van der Waals surface area contributed by atoms with E-state index in [1.165, 1.54) is 48.7 Å². The molecule has 0 heterocycles. The number of nitro groups is 1. The monoisotopic (exact) mass is 347 g/mol. The fraction of sp³-hybridized carbons (Fsp3) is 0.176. The van der Waals surface area contributed by atoms with Gasteiger partial charge in [0.15, 0.2) is 0 Å². The van der Waals surface area contributed by atoms with Crippen LogP contribution in [-0.2, 0) is 4.74 Å². The number of rotatable bonds is 4. The number of nitrogens with zero attached hydrogens (tertiary/aromatic N) is 2. The number of benzene rings is 2. The molecule has 0 bridgehead atoms. The summed E-state index contributed by atoms with van der Waals surface area (Å²) in [6, 6.07) is 9.69. The number of halogens is 1. The lowest BCUT2D eigenvalue weighted by Crippen LogP contribution is -2.12. The molecular weight excluding hydrogens is 329 g/mol. The van der Waals surface area contributed by atoms with Crippen LogP contribution in [0.3, 0.4) is 0 Å². The van der Waals surface area contributed by atoms with Gasteiger partial charge in [-0.05, 0) is 29.8 Å². The summed E-state index contributed by atoms with van der Waals surface area (Å²) >= 11 is 0. The first kappa shape index (κ1) is 19.8. The first-order valence-corrected chi connectivity index (χ1v) is 7.42. The van der Waals surface area contributed by atoms with Crippen molar-refractivity contribution in [2.24, 2.45) is 4.99 Å². The van der Waals surface area contributed by atoms with Crippen molar-refractivity contribution in [1.82, 2.24) is 0 Å². The van der Waals surface area contributed by atoms with E-state index in [2.05, 4.69) is 15.0 Å². The van der Waals surface area contributed by atoms with Crippen LogP contribution in [0.2, 0.25) is 0 Å². The minimum atomic E-state index is -0.810. The Labute approximate surface area is 144 Å². The molecule has 0 aliphatic carbocycles. The molecule has 2 aromatic rings. The lowest BCUT2D eigenvalue weighted by molar-refractivity contribution is -0.383. The number of ether oxygens (including phenoxy) is 1. The SMILES string of the molecule is CC.COC(=O)Nc1ccc(N=Cc2ccc(F)cc2)cc1[N+](=O)[O-]. The molecule has 1 amide bonds. The van der Waals surface area contributed by atoms with Crippen molar-refractivity contribution in [1.29, 1.82) is 0 Å². The summed E-state index contributed by atoms with van der Waals surface area (Å²) in [4.78, 5) is 25.7. The van der Waals surface area contributed by atoms with E-state index in [0.717, 1.165) is 7.11 Å². The van der Waals surface area contributed by atoms with Crippen molar-refractivity contribution >= 4 is 29.4 Å². The summed E-state index contributed by atoms with van der Waals surface area (Å²) in [5.74, 6) is -0.365. The topological polar surface area (TPSA) is 93.8 Å². The summed E-state index contributed by atoms with van der Waals surface area (Å²) in [5, 5.41) is 13.3. The zero-order valence-electron chi connectivity index (χ0n) is 14.0. The average molecular weight is 347 g/mol. The average Bonchev–Trinajstić information content (AvgIpc) is 2.63. The zero-order valence-corrected chi connectivity index (χ0v) is 14.0. The summed E-state index contributed by atoms with van der Waals surface area (Å²) < 4.78 is 17.2. The maximum atomic E-state index is 12.8. The maximum absolute atomic E-state index is 12.8. The Hall–Kier alpha value is -3.29. The number of hydrogen-bond acceptors (Lipinski definition) is 5. The van der Waals surface area contributed by atoms with E-state index in [1.807, 2.05) is 13.8 Å². The molecule has 0 unspecified atom stereocenters. The van der Waals surface area contributed by atoms with Crippen LogP contribution in [0.5, 0.6) is 0 Å². The Kier molecular flexibility index (Phi) is 7.71. The Morgan fingerprint density at radius 1 is 1.24 bits per heavy atom. The first-order chi connectivity index (χ1) is 12.0. The second-order valence-electron chi connectivity index (χ2n) is 4.38. The van der Waals surface area contributed by atoms with Crippen LogP contribution < -0.4 is 5.32 Å². The summed E-state index contributed by atoms with van der Waals surface area (Å²) in [7, 11) is 1.16. The van der Waals surface area contributed by atoms with Gasteiger partial charge >= 0.3 is 6.09 Å². The normalized spacial score (nSPS) is 9.92. The van der Waals surface area contributed by atoms with Crippen LogP contribution in [0, 0.1) is 15.9 Å². The molecule has 0 atom stereocenters. The highest BCUT2D eigenvalue weighted by Gasteiger charge is 2.16. The second-order valence-corrected chi connectivity index (χ2v) is 4.38. The molecule has 0 aliphatic rings. The van der Waals surface area contributed by atoms with Crippen molar-refractivity contribution < 1.29 is 18.8 Å². The molecule has 0 spiro atoms. The van der Waals surface area contributed by atoms with E-state index in [9.17, 15) is 19.3 Å². The van der Waals surface area contributed by atoms with Crippen LogP contribution in [0.1, 0.15) is 19.4 Å². The number of amides is 1. The van der Waals surface area contributed by atoms with Crippen LogP contribution in [0.15, 0.2) is 47.5 Å². The van der Waals surface area contributed by atoms with Gasteiger partial charge in [0.25, 0.3) is 5.69 Å². The predicted octanol–water partition coefficient (Wildman–Crippen LogP) is 4.69. The molecular formula is C17H18FN3O4. The highest BCUT2D eigenvalue weighted by Crippen LogP contribution is 2.29. The van der Waals surface area contributed by atoms with Crippen molar-refractivity contribution in [3.63, 3.8) is 0 Å². The number of nitrogens with one attached hydrogen (secondary N) is 1. The van der Waals surface area contributed by atoms with Gasteiger partial charge in [0.1, 0.15) is 11.5 Å². The van der Waals surface area contributed by atoms with E-state index in [-0.39, 0.29) is 17.2 Å². The van der Waals surface area contributed by atoms with E-state index in [1.54, 1.807) is 0 Å². The molecule has 0 saturated heterocycles. The van der Waals surface area contributed by atoms with E-state index < -0.39 is 11.0 Å². The van der Waals surface area contributed by atoms with Gasteiger partial charge in [0.05, 0.1) is 17.7 Å². The number of hydrogen-bond donors (Lipinski definition) is 1. The molecule has 0 radical (unpaired) electrons. The number of carbonyl (C=O) groups excluding carboxylic acids is 1. The highest BCUT2D eigenvalue weighted by molar-refractivity contribution is 5.89. The molecule has 25 heavy (non-hydrogen) atoms. The van der Waals surface area contributed by atoms with E-state index in [4.69, 9.17) is 0 Å². The molecule has 0 fully saturated rings. The quantitative estimate of drug-likeness (QED) is 0.493. The molecule has 0 saturated carbocycles. The Morgan fingerprint density at radius 2 is 1.88 bits per heavy atom. The maximum Gasteiger partial charge on any atom is 0.411 e. The number of nitro benzene ring substituents is 1. The fourth-order valence-electron chi connectivity index (χ4n) is 1.72. The lowest BCUT2D eigenvalue weighted by Gasteiger charge is -2.05. The Balaban J connectivity index is 0.00000151. The Bertz CT molecular complexity index is 761. The van der Waals surface area contributed by atoms with Gasteiger partial charge < -0.3 is 4.74 Å². The van der Waals surface area contributed by atoms with Crippen LogP contribution in [0.25, 0.3) is 0 Å². The van der Waals surface area contributed by atoms with Crippen LogP contribution in [-0.4, -0.2) is 24.3 Å². The summed E-state index contributed by atoms with van der Waals surface area (Å²) in [6.45, 7) is 4.00. The third-order valence-electron chi connectivity index (χ3n) is 2.83. The smallest absolute Gasteiger partial charge is 0.411 e. The van der Waals surface area contributed by atoms with Gasteiger partial charge in [-0.15, -0.1) is 0 Å². The molecule has 0 aliphatic heterocycles. The van der Waals surface area contributed by atoms with Crippen molar-refractivity contribution in [2.75, 3.05) is 12.4 Å². The van der Waals surface area contributed by atoms with Crippen molar-refractivity contribution in [2.45, 2.75) is 13.8 Å². The minimum Gasteiger partial charge on any atom is -0.453 e. The van der Waals surface area contributed by atoms with E-state index in [0.29, 0.717) is 11.3 Å². The third-order valence-corrected chi connectivity index (χ3v) is 2.83. The van der Waals surface area contributed by atoms with Gasteiger partial charge in [0.2, 0.25) is 0 Å². The Morgan fingerprint density at radius 3 is 2.44 bits per heavy atom. The van der Waals surface area contributed by atoms with Crippen molar-refractivity contribution in [3.8, 4) is 0 Å². The predicted molar refractivity (Wildman–Crippen MR) is 94.1 cm³/mol. The molecule has 2 aromatic carbocycles. The molecule has 0 aromatic heterocycles. The highest BCUT2D eigenvalue weighted by atomic mass is 19.1. The summed E-state index contributed by atoms with van der Waals surface area (Å²) in [6.07, 6.45) is 0.641. The standard InChI is InChI=1S/C15H12FN3O4.C2H6/c1-23-15(20)18-13-7-6-12(8-14(13)19(21)22)17-9-10-2-4-11(16)5-3-10;1-2/h2-9H,1H3,(H,18,20);1-2H3. The van der Waals surface area contributed by atoms with Crippen molar-refractivity contribution in [3.05, 3.63) is 64.0 Å². The van der Waals surface area contributed by atoms with Gasteiger partial charge in [-0.3, -0.25) is 20.4 Å². The minimum absolute atomic E-state index is 0.00239. The number of aliphatic imine (C=N–C) groups is 1. The van der Waals surface area contributed by atoms with Crippen LogP contribution >= 0.6 is 0 Å². The molecule has 8 heteroatoms.